The van der Waals surface area contributed by atoms with Crippen molar-refractivity contribution in [1.82, 2.24) is 19.9 Å². The average Bonchev–Trinajstić information content (AvgIpc) is 3.40. The number of rotatable bonds is 7. The van der Waals surface area contributed by atoms with Crippen LogP contribution in [-0.4, -0.2) is 65.1 Å². The molecule has 2 atom stereocenters. The second kappa shape index (κ2) is 8.64. The summed E-state index contributed by atoms with van der Waals surface area (Å²) in [5, 5.41) is 16.3. The number of hydrogen-bond acceptors (Lipinski definition) is 6. The van der Waals surface area contributed by atoms with E-state index in [9.17, 15) is 9.90 Å². The first-order valence-electron chi connectivity index (χ1n) is 10.5. The Morgan fingerprint density at radius 1 is 1.35 bits per heavy atom. The third-order valence-corrected chi connectivity index (χ3v) is 6.14. The number of pyridine rings is 1. The average molecular weight is 424 g/mol. The second-order valence-corrected chi connectivity index (χ2v) is 8.43. The number of aryl methyl sites for hydroxylation is 1. The first-order chi connectivity index (χ1) is 14.9. The molecule has 8 nitrogen and oxygen atoms in total. The minimum Gasteiger partial charge on any atom is -0.394 e. The van der Waals surface area contributed by atoms with Crippen LogP contribution in [0.3, 0.4) is 0 Å². The van der Waals surface area contributed by atoms with Gasteiger partial charge in [-0.05, 0) is 30.5 Å². The van der Waals surface area contributed by atoms with Crippen LogP contribution in [0.2, 0.25) is 0 Å². The van der Waals surface area contributed by atoms with Gasteiger partial charge in [0.1, 0.15) is 0 Å². The summed E-state index contributed by atoms with van der Waals surface area (Å²) < 4.78 is 6.75. The van der Waals surface area contributed by atoms with Gasteiger partial charge in [-0.3, -0.25) is 4.79 Å². The van der Waals surface area contributed by atoms with E-state index in [2.05, 4.69) is 63.6 Å². The number of carbonyl (C=O) groups is 1. The van der Waals surface area contributed by atoms with Crippen LogP contribution in [0.25, 0.3) is 5.65 Å². The zero-order valence-electron chi connectivity index (χ0n) is 18.2. The monoisotopic (exact) mass is 423 g/mol. The minimum atomic E-state index is -0.455. The Kier molecular flexibility index (Phi) is 5.93. The second-order valence-electron chi connectivity index (χ2n) is 8.43. The summed E-state index contributed by atoms with van der Waals surface area (Å²) in [5.74, 6) is -0.290. The number of ether oxygens (including phenoxy) is 1. The first kappa shape index (κ1) is 21.3. The predicted molar refractivity (Wildman–Crippen MR) is 119 cm³/mol. The maximum atomic E-state index is 12.4. The molecule has 1 fully saturated rings. The summed E-state index contributed by atoms with van der Waals surface area (Å²) in [6, 6.07) is 12.7. The highest BCUT2D eigenvalue weighted by molar-refractivity contribution is 5.91. The zero-order valence-corrected chi connectivity index (χ0v) is 18.2. The molecule has 0 saturated carbocycles. The van der Waals surface area contributed by atoms with Gasteiger partial charge < -0.3 is 20.1 Å². The Morgan fingerprint density at radius 3 is 2.84 bits per heavy atom. The Balaban J connectivity index is 1.54. The van der Waals surface area contributed by atoms with Crippen LogP contribution in [0, 0.1) is 6.92 Å². The molecule has 1 amide bonds. The van der Waals surface area contributed by atoms with Gasteiger partial charge in [-0.1, -0.05) is 37.3 Å². The Morgan fingerprint density at radius 2 is 2.13 bits per heavy atom. The number of nitrogens with zero attached hydrogens (tertiary/aromatic N) is 4. The Bertz CT molecular complexity index is 1060. The van der Waals surface area contributed by atoms with Crippen LogP contribution < -0.4 is 10.2 Å². The van der Waals surface area contributed by atoms with Crippen LogP contribution in [-0.2, 0) is 10.2 Å². The molecule has 8 heteroatoms. The number of nitrogens with one attached hydrogen (secondary N) is 1. The van der Waals surface area contributed by atoms with Gasteiger partial charge in [-0.15, -0.1) is 5.10 Å². The lowest BCUT2D eigenvalue weighted by Gasteiger charge is -2.26. The first-order valence-corrected chi connectivity index (χ1v) is 10.5. The molecule has 0 radical (unpaired) electrons. The molecule has 2 aromatic heterocycles. The third kappa shape index (κ3) is 4.26. The van der Waals surface area contributed by atoms with Gasteiger partial charge >= 0.3 is 0 Å². The molecule has 4 rings (SSSR count). The fraction of sp³-hybridized carbons (Fsp3) is 0.435. The number of methoxy groups -OCH3 is 1. The fourth-order valence-electron chi connectivity index (χ4n) is 4.17. The van der Waals surface area contributed by atoms with Gasteiger partial charge in [-0.25, -0.2) is 9.50 Å². The maximum Gasteiger partial charge on any atom is 0.291 e. The van der Waals surface area contributed by atoms with Crippen LogP contribution >= 0.6 is 0 Å². The molecule has 0 spiro atoms. The van der Waals surface area contributed by atoms with Gasteiger partial charge in [-0.2, -0.15) is 0 Å². The number of benzene rings is 1. The number of carbonyl (C=O) groups excluding carboxylic acids is 1. The topological polar surface area (TPSA) is 92.0 Å². The molecule has 1 aliphatic rings. The lowest BCUT2D eigenvalue weighted by Crippen LogP contribution is -2.35. The zero-order chi connectivity index (χ0) is 22.0. The standard InChI is InChI=1S/C23H29N5O3/c1-16-11-18(27-10-9-23(2,15-27)17-7-5-4-6-8-17)13-28-21(16)25-20(26-28)22(30)24-12-19(14-29)31-3/h4-8,11,13,19,29H,9-10,12,14-15H2,1-3H3,(H,24,30)/t19?,23-/m0/s1. The van der Waals surface area contributed by atoms with Crippen LogP contribution in [0.4, 0.5) is 5.69 Å². The number of anilines is 1. The number of aliphatic hydroxyl groups is 1. The molecule has 1 unspecified atom stereocenters. The van der Waals surface area contributed by atoms with E-state index in [1.165, 1.54) is 12.7 Å². The van der Waals surface area contributed by atoms with Gasteiger partial charge in [0.2, 0.25) is 5.82 Å². The molecule has 1 aliphatic heterocycles. The predicted octanol–water partition coefficient (Wildman–Crippen LogP) is 1.94. The smallest absolute Gasteiger partial charge is 0.291 e. The van der Waals surface area contributed by atoms with Gasteiger partial charge in [0, 0.05) is 32.2 Å². The molecule has 3 heterocycles. The minimum absolute atomic E-state index is 0.0993. The third-order valence-electron chi connectivity index (χ3n) is 6.14. The van der Waals surface area contributed by atoms with E-state index in [0.29, 0.717) is 5.65 Å². The number of aromatic nitrogens is 3. The fourth-order valence-corrected chi connectivity index (χ4v) is 4.17. The molecule has 0 aliphatic carbocycles. The SMILES string of the molecule is COC(CO)CNC(=O)c1nc2c(C)cc(N3CC[C@](C)(c4ccccc4)C3)cn2n1. The van der Waals surface area contributed by atoms with Crippen molar-refractivity contribution in [3.63, 3.8) is 0 Å². The number of hydrogen-bond donors (Lipinski definition) is 2. The van der Waals surface area contributed by atoms with E-state index in [1.807, 2.05) is 13.1 Å². The molecule has 0 bridgehead atoms. The number of fused-ring (bicyclic) bond motifs is 1. The number of amides is 1. The normalized spacial score (nSPS) is 19.7. The van der Waals surface area contributed by atoms with Gasteiger partial charge in [0.05, 0.1) is 24.6 Å². The lowest BCUT2D eigenvalue weighted by molar-refractivity contribution is 0.0473. The summed E-state index contributed by atoms with van der Waals surface area (Å²) in [5.41, 5.74) is 4.14. The van der Waals surface area contributed by atoms with Crippen molar-refractivity contribution < 1.29 is 14.6 Å². The molecule has 3 aromatic rings. The van der Waals surface area contributed by atoms with Crippen molar-refractivity contribution >= 4 is 17.2 Å². The highest BCUT2D eigenvalue weighted by atomic mass is 16.5. The summed E-state index contributed by atoms with van der Waals surface area (Å²) >= 11 is 0. The van der Waals surface area contributed by atoms with Crippen molar-refractivity contribution in [2.75, 3.05) is 38.3 Å². The van der Waals surface area contributed by atoms with E-state index >= 15 is 0 Å². The quantitative estimate of drug-likeness (QED) is 0.604. The van der Waals surface area contributed by atoms with Crippen LogP contribution in [0.5, 0.6) is 0 Å². The van der Waals surface area contributed by atoms with Crippen molar-refractivity contribution in [2.24, 2.45) is 0 Å². The van der Waals surface area contributed by atoms with Crippen molar-refractivity contribution in [3.8, 4) is 0 Å². The van der Waals surface area contributed by atoms with Crippen molar-refractivity contribution in [1.29, 1.82) is 0 Å². The van der Waals surface area contributed by atoms with Crippen LogP contribution in [0.15, 0.2) is 42.6 Å². The van der Waals surface area contributed by atoms with E-state index in [-0.39, 0.29) is 24.4 Å². The van der Waals surface area contributed by atoms with Crippen molar-refractivity contribution in [2.45, 2.75) is 31.8 Å². The molecule has 2 N–H and O–H groups in total. The molecule has 164 valence electrons. The van der Waals surface area contributed by atoms with E-state index in [0.717, 1.165) is 30.8 Å². The molecular weight excluding hydrogens is 394 g/mol. The number of aliphatic hydroxyl groups excluding tert-OH is 1. The largest absolute Gasteiger partial charge is 0.394 e. The van der Waals surface area contributed by atoms with E-state index < -0.39 is 12.0 Å². The summed E-state index contributed by atoms with van der Waals surface area (Å²) in [6.45, 7) is 6.19. The highest BCUT2D eigenvalue weighted by Gasteiger charge is 2.35. The highest BCUT2D eigenvalue weighted by Crippen LogP contribution is 2.36. The summed E-state index contributed by atoms with van der Waals surface area (Å²) in [6.07, 6.45) is 2.56. The van der Waals surface area contributed by atoms with E-state index in [4.69, 9.17) is 4.74 Å². The molecule has 31 heavy (non-hydrogen) atoms. The molecule has 1 aromatic carbocycles. The summed E-state index contributed by atoms with van der Waals surface area (Å²) in [7, 11) is 1.49. The molecular formula is C23H29N5O3. The summed E-state index contributed by atoms with van der Waals surface area (Å²) in [4.78, 5) is 19.2. The van der Waals surface area contributed by atoms with Crippen molar-refractivity contribution in [3.05, 3.63) is 59.5 Å². The van der Waals surface area contributed by atoms with Gasteiger partial charge in [0.25, 0.3) is 5.91 Å². The Hall–Kier alpha value is -2.97. The lowest BCUT2D eigenvalue weighted by atomic mass is 9.82. The van der Waals surface area contributed by atoms with E-state index in [1.54, 1.807) is 4.52 Å². The van der Waals surface area contributed by atoms with Gasteiger partial charge in [0.15, 0.2) is 5.65 Å². The van der Waals surface area contributed by atoms with Crippen LogP contribution in [0.1, 0.15) is 35.1 Å². The Labute approximate surface area is 181 Å². The molecule has 1 saturated heterocycles. The maximum absolute atomic E-state index is 12.4.